The van der Waals surface area contributed by atoms with Gasteiger partial charge in [-0.3, -0.25) is 9.69 Å². The van der Waals surface area contributed by atoms with Crippen LogP contribution < -0.4 is 0 Å². The van der Waals surface area contributed by atoms with Gasteiger partial charge in [0.25, 0.3) is 0 Å². The van der Waals surface area contributed by atoms with Crippen LogP contribution >= 0.6 is 0 Å². The van der Waals surface area contributed by atoms with Gasteiger partial charge in [0.15, 0.2) is 5.78 Å². The van der Waals surface area contributed by atoms with Gasteiger partial charge < -0.3 is 4.74 Å². The van der Waals surface area contributed by atoms with Crippen molar-refractivity contribution in [3.63, 3.8) is 0 Å². The van der Waals surface area contributed by atoms with E-state index in [2.05, 4.69) is 30.1 Å². The third-order valence-corrected chi connectivity index (χ3v) is 5.53. The third-order valence-electron chi connectivity index (χ3n) is 5.53. The molecule has 2 aromatic carbocycles. The molecular formula is C21H23NO2. The highest BCUT2D eigenvalue weighted by Gasteiger charge is 2.39. The first kappa shape index (κ1) is 15.6. The molecule has 3 nitrogen and oxygen atoms in total. The number of Topliss-reactive ketones (excluding diaryl/α,β-unsaturated/α-hetero) is 1. The smallest absolute Gasteiger partial charge is 0.166 e. The number of nitrogens with zero attached hydrogens (tertiary/aromatic N) is 1. The van der Waals surface area contributed by atoms with E-state index in [1.807, 2.05) is 36.4 Å². The Bertz CT molecular complexity index is 714. The molecule has 3 heteroatoms. The van der Waals surface area contributed by atoms with E-state index in [-0.39, 0.29) is 5.92 Å². The number of piperidine rings is 1. The zero-order valence-corrected chi connectivity index (χ0v) is 14.0. The maximum Gasteiger partial charge on any atom is 0.166 e. The van der Waals surface area contributed by atoms with Gasteiger partial charge in [-0.1, -0.05) is 54.6 Å². The average molecular weight is 321 g/mol. The third kappa shape index (κ3) is 2.79. The molecule has 0 saturated carbocycles. The van der Waals surface area contributed by atoms with E-state index in [0.717, 1.165) is 42.7 Å². The van der Waals surface area contributed by atoms with Crippen LogP contribution in [-0.2, 0) is 4.74 Å². The maximum absolute atomic E-state index is 13.3. The van der Waals surface area contributed by atoms with Crippen LogP contribution in [0.1, 0.15) is 23.2 Å². The molecule has 0 aromatic heterocycles. The zero-order valence-electron chi connectivity index (χ0n) is 14.0. The van der Waals surface area contributed by atoms with E-state index < -0.39 is 0 Å². The lowest BCUT2D eigenvalue weighted by molar-refractivity contribution is -0.0702. The Kier molecular flexibility index (Phi) is 4.21. The number of carbonyl (C=O) groups is 1. The predicted octanol–water partition coefficient (Wildman–Crippen LogP) is 3.65. The Morgan fingerprint density at radius 2 is 1.58 bits per heavy atom. The molecule has 2 heterocycles. The molecule has 0 radical (unpaired) electrons. The van der Waals surface area contributed by atoms with Gasteiger partial charge in [-0.05, 0) is 31.0 Å². The fourth-order valence-corrected chi connectivity index (χ4v) is 4.10. The molecule has 2 aliphatic heterocycles. The number of ketones is 1. The zero-order chi connectivity index (χ0) is 16.5. The van der Waals surface area contributed by atoms with Crippen molar-refractivity contribution in [2.45, 2.75) is 24.9 Å². The normalized spacial score (nSPS) is 27.0. The van der Waals surface area contributed by atoms with Crippen molar-refractivity contribution in [3.05, 3.63) is 60.2 Å². The minimum Gasteiger partial charge on any atom is -0.378 e. The molecular weight excluding hydrogens is 298 g/mol. The largest absolute Gasteiger partial charge is 0.378 e. The summed E-state index contributed by atoms with van der Waals surface area (Å²) in [5.41, 5.74) is 3.01. The number of ether oxygens (including phenoxy) is 1. The highest BCUT2D eigenvalue weighted by atomic mass is 16.5. The highest BCUT2D eigenvalue weighted by molar-refractivity contribution is 6.03. The number of hydrogen-bond donors (Lipinski definition) is 0. The molecule has 24 heavy (non-hydrogen) atoms. The first-order chi connectivity index (χ1) is 11.7. The highest BCUT2D eigenvalue weighted by Crippen LogP contribution is 2.34. The van der Waals surface area contributed by atoms with Crippen LogP contribution in [0.2, 0.25) is 0 Å². The van der Waals surface area contributed by atoms with Crippen molar-refractivity contribution in [2.75, 3.05) is 20.3 Å². The molecule has 2 atom stereocenters. The Labute approximate surface area is 143 Å². The lowest BCUT2D eigenvalue weighted by Crippen LogP contribution is -2.55. The SMILES string of the molecule is CN1C2COCC1CC(C(=O)c1ccccc1-c1ccccc1)C2. The van der Waals surface area contributed by atoms with Crippen LogP contribution in [0.25, 0.3) is 11.1 Å². The van der Waals surface area contributed by atoms with Crippen molar-refractivity contribution >= 4 is 5.78 Å². The molecule has 124 valence electrons. The monoisotopic (exact) mass is 321 g/mol. The van der Waals surface area contributed by atoms with Crippen LogP contribution in [0, 0.1) is 5.92 Å². The van der Waals surface area contributed by atoms with Gasteiger partial charge in [-0.2, -0.15) is 0 Å². The molecule has 2 aliphatic rings. The number of morpholine rings is 1. The van der Waals surface area contributed by atoms with E-state index >= 15 is 0 Å². The second kappa shape index (κ2) is 6.50. The number of hydrogen-bond acceptors (Lipinski definition) is 3. The average Bonchev–Trinajstić information content (AvgIpc) is 2.62. The maximum atomic E-state index is 13.3. The molecule has 2 aromatic rings. The standard InChI is InChI=1S/C21H23NO2/c1-22-17-11-16(12-18(22)14-24-13-17)21(23)20-10-6-5-9-19(20)15-7-3-2-4-8-15/h2-10,16-18H,11-14H2,1H3. The fourth-order valence-electron chi connectivity index (χ4n) is 4.10. The molecule has 2 fully saturated rings. The summed E-state index contributed by atoms with van der Waals surface area (Å²) in [6.45, 7) is 1.49. The van der Waals surface area contributed by atoms with E-state index in [1.165, 1.54) is 0 Å². The van der Waals surface area contributed by atoms with Crippen LogP contribution in [0.5, 0.6) is 0 Å². The van der Waals surface area contributed by atoms with Gasteiger partial charge in [0.2, 0.25) is 0 Å². The van der Waals surface area contributed by atoms with Crippen LogP contribution in [-0.4, -0.2) is 43.0 Å². The summed E-state index contributed by atoms with van der Waals surface area (Å²) in [5.74, 6) is 0.393. The lowest BCUT2D eigenvalue weighted by atomic mass is 9.79. The van der Waals surface area contributed by atoms with Gasteiger partial charge in [0.05, 0.1) is 13.2 Å². The van der Waals surface area contributed by atoms with Gasteiger partial charge in [0.1, 0.15) is 0 Å². The Morgan fingerprint density at radius 1 is 0.958 bits per heavy atom. The number of likely N-dealkylation sites (N-methyl/N-ethyl adjacent to an activating group) is 1. The van der Waals surface area contributed by atoms with Crippen molar-refractivity contribution in [1.82, 2.24) is 4.90 Å². The lowest BCUT2D eigenvalue weighted by Gasteiger charge is -2.46. The molecule has 2 saturated heterocycles. The van der Waals surface area contributed by atoms with E-state index in [9.17, 15) is 4.79 Å². The van der Waals surface area contributed by atoms with Crippen molar-refractivity contribution in [3.8, 4) is 11.1 Å². The van der Waals surface area contributed by atoms with Gasteiger partial charge in [-0.25, -0.2) is 0 Å². The van der Waals surface area contributed by atoms with Crippen molar-refractivity contribution in [2.24, 2.45) is 5.92 Å². The topological polar surface area (TPSA) is 29.5 Å². The summed E-state index contributed by atoms with van der Waals surface area (Å²) in [6.07, 6.45) is 1.80. The molecule has 0 N–H and O–H groups in total. The summed E-state index contributed by atoms with van der Waals surface area (Å²) in [4.78, 5) is 15.7. The molecule has 2 bridgehead atoms. The van der Waals surface area contributed by atoms with Crippen LogP contribution in [0.3, 0.4) is 0 Å². The van der Waals surface area contributed by atoms with E-state index in [1.54, 1.807) is 0 Å². The Hall–Kier alpha value is -1.97. The molecule has 2 unspecified atom stereocenters. The van der Waals surface area contributed by atoms with Gasteiger partial charge >= 0.3 is 0 Å². The first-order valence-electron chi connectivity index (χ1n) is 8.72. The Balaban J connectivity index is 1.64. The summed E-state index contributed by atoms with van der Waals surface area (Å²) in [6, 6.07) is 19.0. The summed E-state index contributed by atoms with van der Waals surface area (Å²) in [5, 5.41) is 0. The molecule has 0 amide bonds. The summed E-state index contributed by atoms with van der Waals surface area (Å²) >= 11 is 0. The Morgan fingerprint density at radius 3 is 2.29 bits per heavy atom. The van der Waals surface area contributed by atoms with E-state index in [0.29, 0.717) is 17.9 Å². The van der Waals surface area contributed by atoms with Gasteiger partial charge in [-0.15, -0.1) is 0 Å². The second-order valence-corrected chi connectivity index (χ2v) is 6.95. The molecule has 4 rings (SSSR count). The minimum atomic E-state index is 0.102. The number of rotatable bonds is 3. The van der Waals surface area contributed by atoms with Gasteiger partial charge in [0, 0.05) is 23.6 Å². The first-order valence-corrected chi connectivity index (χ1v) is 8.72. The predicted molar refractivity (Wildman–Crippen MR) is 95.1 cm³/mol. The summed E-state index contributed by atoms with van der Waals surface area (Å²) < 4.78 is 5.68. The van der Waals surface area contributed by atoms with Crippen molar-refractivity contribution in [1.29, 1.82) is 0 Å². The van der Waals surface area contributed by atoms with Crippen molar-refractivity contribution < 1.29 is 9.53 Å². The van der Waals surface area contributed by atoms with Crippen LogP contribution in [0.4, 0.5) is 0 Å². The number of fused-ring (bicyclic) bond motifs is 2. The van der Waals surface area contributed by atoms with E-state index in [4.69, 9.17) is 4.74 Å². The quantitative estimate of drug-likeness (QED) is 0.808. The van der Waals surface area contributed by atoms with Crippen LogP contribution in [0.15, 0.2) is 54.6 Å². The fraction of sp³-hybridized carbons (Fsp3) is 0.381. The number of benzene rings is 2. The molecule has 0 aliphatic carbocycles. The minimum absolute atomic E-state index is 0.102. The molecule has 0 spiro atoms. The second-order valence-electron chi connectivity index (χ2n) is 6.95. The number of carbonyl (C=O) groups excluding carboxylic acids is 1. The summed E-state index contributed by atoms with van der Waals surface area (Å²) in [7, 11) is 2.16.